The van der Waals surface area contributed by atoms with Crippen molar-refractivity contribution in [2.24, 2.45) is 5.41 Å². The van der Waals surface area contributed by atoms with Crippen LogP contribution in [0.4, 0.5) is 5.82 Å². The number of anilines is 1. The lowest BCUT2D eigenvalue weighted by molar-refractivity contribution is -0.138. The van der Waals surface area contributed by atoms with E-state index in [1.807, 2.05) is 32.0 Å². The molecule has 3 atom stereocenters. The predicted octanol–water partition coefficient (Wildman–Crippen LogP) is 3.72. The lowest BCUT2D eigenvalue weighted by atomic mass is 9.95. The van der Waals surface area contributed by atoms with Crippen molar-refractivity contribution in [3.63, 3.8) is 0 Å². The van der Waals surface area contributed by atoms with Crippen molar-refractivity contribution in [1.82, 2.24) is 34.4 Å². The van der Waals surface area contributed by atoms with Gasteiger partial charge in [-0.25, -0.2) is 28.1 Å². The molecular formula is C32H35BrN8O5S. The van der Waals surface area contributed by atoms with Crippen molar-refractivity contribution in [2.75, 3.05) is 18.1 Å². The van der Waals surface area contributed by atoms with Crippen LogP contribution >= 0.6 is 15.9 Å². The van der Waals surface area contributed by atoms with Crippen LogP contribution < -0.4 is 10.0 Å². The van der Waals surface area contributed by atoms with Gasteiger partial charge in [-0.2, -0.15) is 5.10 Å². The van der Waals surface area contributed by atoms with Gasteiger partial charge in [-0.3, -0.25) is 19.1 Å². The van der Waals surface area contributed by atoms with Gasteiger partial charge >= 0.3 is 0 Å². The molecule has 0 radical (unpaired) electrons. The standard InChI is InChI=1S/C32H35BrN8O5S/c1-17-6-7-26(33)37-30(17)38-31(44)24-12-32(8-9-36-47(5,45)46)13-25(32)41(24)27(43)16-40-29-18(2)10-21(22-14-34-20(4)35-15-22)11-23(29)28(39-40)19(3)42/h6-7,10-11,14-15,24-25,36H,8-9,12-13,16H2,1-5H3,(H,37,38,44)/t24-,25?,32-/m0/s1. The Kier molecular flexibility index (Phi) is 8.51. The number of halogens is 1. The zero-order valence-corrected chi connectivity index (χ0v) is 29.1. The van der Waals surface area contributed by atoms with Gasteiger partial charge in [-0.15, -0.1) is 0 Å². The fourth-order valence-electron chi connectivity index (χ4n) is 6.71. The average molecular weight is 724 g/mol. The number of hydrogen-bond acceptors (Lipinski definition) is 9. The molecule has 3 aromatic heterocycles. The molecule has 4 heterocycles. The number of carbonyl (C=O) groups excluding carboxylic acids is 3. The summed E-state index contributed by atoms with van der Waals surface area (Å²) in [5.41, 5.74) is 3.68. The highest BCUT2D eigenvalue weighted by Gasteiger charge is 2.66. The van der Waals surface area contributed by atoms with Crippen LogP contribution in [-0.4, -0.2) is 80.5 Å². The van der Waals surface area contributed by atoms with Gasteiger partial charge in [-0.1, -0.05) is 6.07 Å². The van der Waals surface area contributed by atoms with Gasteiger partial charge in [-0.05, 0) is 96.3 Å². The normalized spacial score (nSPS) is 20.3. The number of piperidine rings is 1. The Labute approximate surface area is 280 Å². The summed E-state index contributed by atoms with van der Waals surface area (Å²) in [4.78, 5) is 55.4. The minimum absolute atomic E-state index is 0.191. The Morgan fingerprint density at radius 2 is 1.77 bits per heavy atom. The molecule has 2 fully saturated rings. The number of carbonyl (C=O) groups is 3. The second-order valence-electron chi connectivity index (χ2n) is 12.6. The van der Waals surface area contributed by atoms with E-state index in [2.05, 4.69) is 46.0 Å². The fraction of sp³-hybridized carbons (Fsp3) is 0.406. The molecule has 0 bridgehead atoms. The van der Waals surface area contributed by atoms with Gasteiger partial charge in [0.15, 0.2) is 5.78 Å². The third kappa shape index (κ3) is 6.56. The van der Waals surface area contributed by atoms with E-state index in [1.165, 1.54) is 6.92 Å². The largest absolute Gasteiger partial charge is 0.325 e. The number of ketones is 1. The molecule has 0 spiro atoms. The number of benzene rings is 1. The van der Waals surface area contributed by atoms with Crippen molar-refractivity contribution >= 4 is 60.3 Å². The maximum atomic E-state index is 14.2. The van der Waals surface area contributed by atoms with E-state index in [4.69, 9.17) is 0 Å². The fourth-order valence-corrected chi connectivity index (χ4v) is 7.50. The number of sulfonamides is 1. The zero-order valence-electron chi connectivity index (χ0n) is 26.7. The molecule has 1 aromatic carbocycles. The lowest BCUT2D eigenvalue weighted by Gasteiger charge is -2.27. The number of likely N-dealkylation sites (tertiary alicyclic amines) is 1. The molecule has 1 saturated carbocycles. The summed E-state index contributed by atoms with van der Waals surface area (Å²) in [5.74, 6) is 0.100. The number of amides is 2. The minimum Gasteiger partial charge on any atom is -0.325 e. The van der Waals surface area contributed by atoms with E-state index in [1.54, 1.807) is 35.0 Å². The highest BCUT2D eigenvalue weighted by Crippen LogP contribution is 2.61. The molecule has 13 nitrogen and oxygen atoms in total. The topological polar surface area (TPSA) is 169 Å². The molecule has 6 rings (SSSR count). The number of fused-ring (bicyclic) bond motifs is 2. The van der Waals surface area contributed by atoms with E-state index in [9.17, 15) is 22.8 Å². The first kappa shape index (κ1) is 32.8. The molecule has 1 aliphatic heterocycles. The van der Waals surface area contributed by atoms with Crippen molar-refractivity contribution in [3.05, 3.63) is 63.9 Å². The highest BCUT2D eigenvalue weighted by molar-refractivity contribution is 9.10. The first-order chi connectivity index (χ1) is 22.2. The maximum Gasteiger partial charge on any atom is 0.248 e. The summed E-state index contributed by atoms with van der Waals surface area (Å²) >= 11 is 3.35. The van der Waals surface area contributed by atoms with Crippen LogP contribution in [0.3, 0.4) is 0 Å². The van der Waals surface area contributed by atoms with Crippen LogP contribution in [0.1, 0.15) is 53.6 Å². The Morgan fingerprint density at radius 1 is 1.04 bits per heavy atom. The zero-order chi connectivity index (χ0) is 33.8. The van der Waals surface area contributed by atoms with Gasteiger partial charge < -0.3 is 10.2 Å². The summed E-state index contributed by atoms with van der Waals surface area (Å²) in [7, 11) is -3.40. The maximum absolute atomic E-state index is 14.2. The smallest absolute Gasteiger partial charge is 0.248 e. The molecule has 4 aromatic rings. The summed E-state index contributed by atoms with van der Waals surface area (Å²) < 4.78 is 28.1. The second kappa shape index (κ2) is 12.2. The van der Waals surface area contributed by atoms with Gasteiger partial charge in [0.25, 0.3) is 0 Å². The predicted molar refractivity (Wildman–Crippen MR) is 179 cm³/mol. The number of hydrogen-bond donors (Lipinski definition) is 2. The van der Waals surface area contributed by atoms with Crippen molar-refractivity contribution in [1.29, 1.82) is 0 Å². The van der Waals surface area contributed by atoms with Gasteiger partial charge in [0, 0.05) is 42.9 Å². The molecule has 1 aliphatic carbocycles. The second-order valence-corrected chi connectivity index (χ2v) is 15.2. The van der Waals surface area contributed by atoms with E-state index >= 15 is 0 Å². The summed E-state index contributed by atoms with van der Waals surface area (Å²) in [6.07, 6.45) is 6.07. The van der Waals surface area contributed by atoms with Crippen LogP contribution in [-0.2, 0) is 26.2 Å². The first-order valence-electron chi connectivity index (χ1n) is 15.2. The minimum atomic E-state index is -3.40. The molecular weight excluding hydrogens is 688 g/mol. The average Bonchev–Trinajstić information content (AvgIpc) is 3.39. The monoisotopic (exact) mass is 722 g/mol. The molecule has 15 heteroatoms. The molecule has 1 unspecified atom stereocenters. The van der Waals surface area contributed by atoms with Gasteiger partial charge in [0.2, 0.25) is 21.8 Å². The number of aryl methyl sites for hydroxylation is 3. The van der Waals surface area contributed by atoms with Crippen LogP contribution in [0.15, 0.2) is 41.3 Å². The number of nitrogens with zero attached hydrogens (tertiary/aromatic N) is 6. The Morgan fingerprint density at radius 3 is 2.45 bits per heavy atom. The van der Waals surface area contributed by atoms with E-state index < -0.39 is 21.5 Å². The van der Waals surface area contributed by atoms with Gasteiger partial charge in [0.1, 0.15) is 34.5 Å². The summed E-state index contributed by atoms with van der Waals surface area (Å²) in [6.45, 7) is 6.98. The first-order valence-corrected chi connectivity index (χ1v) is 17.9. The van der Waals surface area contributed by atoms with Crippen molar-refractivity contribution in [2.45, 2.75) is 65.6 Å². The lowest BCUT2D eigenvalue weighted by Crippen LogP contribution is -2.47. The number of Topliss-reactive ketones (excluding diaryl/α,β-unsaturated/α-hetero) is 1. The number of pyridine rings is 1. The quantitative estimate of drug-likeness (QED) is 0.183. The Balaban J connectivity index is 1.32. The Bertz CT molecular complexity index is 2050. The Hall–Kier alpha value is -4.08. The number of nitrogens with one attached hydrogen (secondary N) is 2. The number of rotatable bonds is 10. The summed E-state index contributed by atoms with van der Waals surface area (Å²) in [5, 5.41) is 8.11. The molecule has 1 saturated heterocycles. The van der Waals surface area contributed by atoms with E-state index in [0.29, 0.717) is 46.4 Å². The highest BCUT2D eigenvalue weighted by atomic mass is 79.9. The third-order valence-corrected chi connectivity index (χ3v) is 10.2. The van der Waals surface area contributed by atoms with Crippen LogP contribution in [0.25, 0.3) is 22.0 Å². The molecule has 2 N–H and O–H groups in total. The van der Waals surface area contributed by atoms with Crippen LogP contribution in [0.2, 0.25) is 0 Å². The van der Waals surface area contributed by atoms with E-state index in [0.717, 1.165) is 28.5 Å². The summed E-state index contributed by atoms with van der Waals surface area (Å²) in [6, 6.07) is 6.37. The van der Waals surface area contributed by atoms with Crippen LogP contribution in [0.5, 0.6) is 0 Å². The van der Waals surface area contributed by atoms with Crippen molar-refractivity contribution in [3.8, 4) is 11.1 Å². The van der Waals surface area contributed by atoms with Crippen molar-refractivity contribution < 1.29 is 22.8 Å². The van der Waals surface area contributed by atoms with Gasteiger partial charge in [0.05, 0.1) is 11.8 Å². The number of aromatic nitrogens is 5. The molecule has 246 valence electrons. The molecule has 2 amide bonds. The third-order valence-electron chi connectivity index (χ3n) is 9.07. The SMILES string of the molecule is CC(=O)c1nn(CC(=O)N2C3C[C@]3(CCNS(C)(=O)=O)C[C@H]2C(=O)Nc2nc(Br)ccc2C)c2c(C)cc(-c3cnc(C)nc3)cc12. The van der Waals surface area contributed by atoms with Crippen LogP contribution in [0, 0.1) is 26.2 Å². The molecule has 2 aliphatic rings. The van der Waals surface area contributed by atoms with E-state index in [-0.39, 0.29) is 42.4 Å². The molecule has 47 heavy (non-hydrogen) atoms.